The minimum absolute atomic E-state index is 0.119. The van der Waals surface area contributed by atoms with Gasteiger partial charge in [0, 0.05) is 45.5 Å². The van der Waals surface area contributed by atoms with Gasteiger partial charge in [0.25, 0.3) is 0 Å². The zero-order valence-corrected chi connectivity index (χ0v) is 17.0. The van der Waals surface area contributed by atoms with Gasteiger partial charge in [0.1, 0.15) is 11.9 Å². The molecular weight excluding hydrogens is 400 g/mol. The lowest BCUT2D eigenvalue weighted by molar-refractivity contribution is -0.123. The number of rotatable bonds is 5. The smallest absolute Gasteiger partial charge is 0.349 e. The van der Waals surface area contributed by atoms with Crippen molar-refractivity contribution < 1.29 is 9.59 Å². The van der Waals surface area contributed by atoms with Crippen molar-refractivity contribution >= 4 is 17.8 Å². The Morgan fingerprint density at radius 3 is 2.42 bits per heavy atom. The van der Waals surface area contributed by atoms with Gasteiger partial charge in [-0.25, -0.2) is 9.59 Å². The standard InChI is InChI=1S/C20H26N8O3/c21-17(18(29)24-14-11-23-12-14)13-1-3-15(4-2-13)28-8-5-16(26-20(28)31)25-19(30)27-9-6-22-7-10-27/h1-5,8,14,17,22-23H,6-7,9-12,21H2,(H,24,29)(H,25,26,30,31). The molecule has 2 aromatic rings. The van der Waals surface area contributed by atoms with Gasteiger partial charge >= 0.3 is 11.7 Å². The largest absolute Gasteiger partial charge is 0.354 e. The van der Waals surface area contributed by atoms with Gasteiger partial charge in [-0.15, -0.1) is 0 Å². The third-order valence-corrected chi connectivity index (χ3v) is 5.38. The second-order valence-corrected chi connectivity index (χ2v) is 7.57. The second-order valence-electron chi connectivity index (χ2n) is 7.57. The number of amides is 3. The molecule has 2 aliphatic rings. The summed E-state index contributed by atoms with van der Waals surface area (Å²) in [5.74, 6) is -0.0340. The van der Waals surface area contributed by atoms with Crippen molar-refractivity contribution in [3.8, 4) is 5.69 Å². The zero-order chi connectivity index (χ0) is 21.8. The quantitative estimate of drug-likeness (QED) is 0.402. The second kappa shape index (κ2) is 9.25. The molecule has 0 aliphatic carbocycles. The average molecular weight is 426 g/mol. The van der Waals surface area contributed by atoms with Crippen LogP contribution in [0.25, 0.3) is 5.69 Å². The number of hydrogen-bond acceptors (Lipinski definition) is 7. The van der Waals surface area contributed by atoms with Crippen molar-refractivity contribution in [2.45, 2.75) is 12.1 Å². The maximum Gasteiger partial charge on any atom is 0.354 e. The Bertz CT molecular complexity index is 996. The number of hydrogen-bond donors (Lipinski definition) is 5. The average Bonchev–Trinajstić information content (AvgIpc) is 2.76. The van der Waals surface area contributed by atoms with E-state index < -0.39 is 11.7 Å². The van der Waals surface area contributed by atoms with Crippen LogP contribution in [-0.2, 0) is 4.79 Å². The van der Waals surface area contributed by atoms with Crippen molar-refractivity contribution in [1.29, 1.82) is 0 Å². The summed E-state index contributed by atoms with van der Waals surface area (Å²) in [6.07, 6.45) is 1.55. The first kappa shape index (κ1) is 21.0. The van der Waals surface area contributed by atoms with E-state index in [0.717, 1.165) is 26.2 Å². The molecular formula is C20H26N8O3. The first-order valence-electron chi connectivity index (χ1n) is 10.2. The van der Waals surface area contributed by atoms with E-state index >= 15 is 0 Å². The molecule has 6 N–H and O–H groups in total. The maximum absolute atomic E-state index is 12.5. The molecule has 1 aromatic heterocycles. The fourth-order valence-electron chi connectivity index (χ4n) is 3.40. The molecule has 0 spiro atoms. The predicted molar refractivity (Wildman–Crippen MR) is 115 cm³/mol. The number of nitrogens with one attached hydrogen (secondary N) is 4. The third-order valence-electron chi connectivity index (χ3n) is 5.38. The van der Waals surface area contributed by atoms with Gasteiger partial charge in [-0.2, -0.15) is 4.98 Å². The maximum atomic E-state index is 12.5. The summed E-state index contributed by atoms with van der Waals surface area (Å²) in [4.78, 5) is 42.6. The van der Waals surface area contributed by atoms with E-state index in [4.69, 9.17) is 5.73 Å². The predicted octanol–water partition coefficient (Wildman–Crippen LogP) is -1.24. The highest BCUT2D eigenvalue weighted by Crippen LogP contribution is 2.15. The number of urea groups is 1. The molecule has 11 heteroatoms. The summed E-state index contributed by atoms with van der Waals surface area (Å²) in [6, 6.07) is 7.46. The van der Waals surface area contributed by atoms with E-state index in [0.29, 0.717) is 24.3 Å². The van der Waals surface area contributed by atoms with Gasteiger partial charge in [0.05, 0.1) is 11.7 Å². The number of aromatic nitrogens is 2. The highest BCUT2D eigenvalue weighted by Gasteiger charge is 2.23. The molecule has 2 aliphatic heterocycles. The number of carbonyl (C=O) groups excluding carboxylic acids is 2. The summed E-state index contributed by atoms with van der Waals surface area (Å²) < 4.78 is 1.36. The van der Waals surface area contributed by atoms with E-state index in [9.17, 15) is 14.4 Å². The minimum Gasteiger partial charge on any atom is -0.349 e. The molecule has 2 fully saturated rings. The van der Waals surface area contributed by atoms with E-state index in [1.807, 2.05) is 0 Å². The minimum atomic E-state index is -0.785. The Labute approximate surface area is 179 Å². The Morgan fingerprint density at radius 2 is 1.81 bits per heavy atom. The molecule has 31 heavy (non-hydrogen) atoms. The molecule has 2 saturated heterocycles. The first-order valence-corrected chi connectivity index (χ1v) is 10.2. The molecule has 3 heterocycles. The fourth-order valence-corrected chi connectivity index (χ4v) is 3.40. The number of benzene rings is 1. The van der Waals surface area contributed by atoms with Gasteiger partial charge < -0.3 is 26.6 Å². The normalized spacial score (nSPS) is 17.5. The Balaban J connectivity index is 1.41. The topological polar surface area (TPSA) is 146 Å². The lowest BCUT2D eigenvalue weighted by Crippen LogP contribution is -2.58. The van der Waals surface area contributed by atoms with Gasteiger partial charge in [0.15, 0.2) is 0 Å². The number of piperazine rings is 1. The van der Waals surface area contributed by atoms with Crippen molar-refractivity contribution in [2.75, 3.05) is 44.6 Å². The van der Waals surface area contributed by atoms with E-state index in [-0.39, 0.29) is 23.8 Å². The fraction of sp³-hybridized carbons (Fsp3) is 0.400. The molecule has 4 rings (SSSR count). The van der Waals surface area contributed by atoms with Crippen LogP contribution in [0.2, 0.25) is 0 Å². The van der Waals surface area contributed by atoms with Crippen LogP contribution in [0.1, 0.15) is 11.6 Å². The lowest BCUT2D eigenvalue weighted by Gasteiger charge is -2.29. The molecule has 1 unspecified atom stereocenters. The molecule has 11 nitrogen and oxygen atoms in total. The van der Waals surface area contributed by atoms with E-state index in [2.05, 4.69) is 26.3 Å². The van der Waals surface area contributed by atoms with Gasteiger partial charge in [-0.1, -0.05) is 12.1 Å². The summed E-state index contributed by atoms with van der Waals surface area (Å²) in [7, 11) is 0. The van der Waals surface area contributed by atoms with Crippen LogP contribution >= 0.6 is 0 Å². The Kier molecular flexibility index (Phi) is 6.26. The third kappa shape index (κ3) is 4.90. The number of anilines is 1. The van der Waals surface area contributed by atoms with Crippen LogP contribution in [0.3, 0.4) is 0 Å². The monoisotopic (exact) mass is 426 g/mol. The highest BCUT2D eigenvalue weighted by atomic mass is 16.2. The van der Waals surface area contributed by atoms with Crippen LogP contribution in [0.4, 0.5) is 10.6 Å². The molecule has 1 aromatic carbocycles. The number of nitrogens with two attached hydrogens (primary N) is 1. The summed E-state index contributed by atoms with van der Waals surface area (Å²) >= 11 is 0. The Hall–Kier alpha value is -3.28. The molecule has 164 valence electrons. The van der Waals surface area contributed by atoms with Crippen molar-refractivity contribution in [2.24, 2.45) is 5.73 Å². The number of carbonyl (C=O) groups is 2. The van der Waals surface area contributed by atoms with Crippen LogP contribution in [0.5, 0.6) is 0 Å². The first-order chi connectivity index (χ1) is 15.0. The van der Waals surface area contributed by atoms with E-state index in [1.165, 1.54) is 4.57 Å². The molecule has 3 amide bonds. The molecule has 0 radical (unpaired) electrons. The van der Waals surface area contributed by atoms with Crippen LogP contribution in [-0.4, -0.2) is 71.7 Å². The van der Waals surface area contributed by atoms with Gasteiger partial charge in [-0.05, 0) is 23.8 Å². The zero-order valence-electron chi connectivity index (χ0n) is 17.0. The van der Waals surface area contributed by atoms with Gasteiger partial charge in [0.2, 0.25) is 5.91 Å². The summed E-state index contributed by atoms with van der Waals surface area (Å²) in [5, 5.41) is 11.8. The number of nitrogens with zero attached hydrogens (tertiary/aromatic N) is 3. The molecule has 0 saturated carbocycles. The van der Waals surface area contributed by atoms with Crippen molar-refractivity contribution in [3.05, 3.63) is 52.6 Å². The van der Waals surface area contributed by atoms with Crippen LogP contribution < -0.4 is 32.7 Å². The SMILES string of the molecule is NC(C(=O)NC1CNC1)c1ccc(-n2ccc(NC(=O)N3CCNCC3)nc2=O)cc1. The molecule has 0 bridgehead atoms. The van der Waals surface area contributed by atoms with Gasteiger partial charge in [-0.3, -0.25) is 14.7 Å². The van der Waals surface area contributed by atoms with Crippen LogP contribution in [0.15, 0.2) is 41.3 Å². The Morgan fingerprint density at radius 1 is 1.10 bits per heavy atom. The van der Waals surface area contributed by atoms with Crippen LogP contribution in [0, 0.1) is 0 Å². The van der Waals surface area contributed by atoms with Crippen molar-refractivity contribution in [1.82, 2.24) is 30.4 Å². The summed E-state index contributed by atoms with van der Waals surface area (Å²) in [6.45, 7) is 4.18. The van der Waals surface area contributed by atoms with Crippen molar-refractivity contribution in [3.63, 3.8) is 0 Å². The molecule has 1 atom stereocenters. The van der Waals surface area contributed by atoms with E-state index in [1.54, 1.807) is 41.4 Å². The highest BCUT2D eigenvalue weighted by molar-refractivity contribution is 5.88. The summed E-state index contributed by atoms with van der Waals surface area (Å²) in [5.41, 5.74) is 6.76. The lowest BCUT2D eigenvalue weighted by atomic mass is 10.1.